The SMILES string of the molecule is Fc1ccc(CON=CC2CC2)cc1F. The molecule has 1 aliphatic rings. The van der Waals surface area contributed by atoms with Crippen molar-refractivity contribution in [2.75, 3.05) is 0 Å². The van der Waals surface area contributed by atoms with Crippen molar-refractivity contribution < 1.29 is 13.6 Å². The first-order chi connectivity index (χ1) is 7.25. The van der Waals surface area contributed by atoms with E-state index in [0.29, 0.717) is 11.5 Å². The lowest BCUT2D eigenvalue weighted by Crippen LogP contribution is -1.91. The summed E-state index contributed by atoms with van der Waals surface area (Å²) in [5, 5.41) is 3.74. The summed E-state index contributed by atoms with van der Waals surface area (Å²) in [7, 11) is 0. The van der Waals surface area contributed by atoms with Gasteiger partial charge in [-0.1, -0.05) is 11.2 Å². The molecule has 0 spiro atoms. The summed E-state index contributed by atoms with van der Waals surface area (Å²) in [6.07, 6.45) is 4.08. The highest BCUT2D eigenvalue weighted by Crippen LogP contribution is 2.26. The monoisotopic (exact) mass is 211 g/mol. The first kappa shape index (κ1) is 10.1. The van der Waals surface area contributed by atoms with E-state index in [4.69, 9.17) is 4.84 Å². The summed E-state index contributed by atoms with van der Waals surface area (Å²) < 4.78 is 25.3. The highest BCUT2D eigenvalue weighted by molar-refractivity contribution is 5.62. The average molecular weight is 211 g/mol. The van der Waals surface area contributed by atoms with Gasteiger partial charge in [-0.2, -0.15) is 0 Å². The molecule has 1 fully saturated rings. The number of rotatable bonds is 4. The molecule has 0 unspecified atom stereocenters. The molecule has 0 aromatic heterocycles. The van der Waals surface area contributed by atoms with Crippen LogP contribution in [0.4, 0.5) is 8.78 Å². The van der Waals surface area contributed by atoms with Crippen LogP contribution in [0, 0.1) is 17.6 Å². The number of oxime groups is 1. The van der Waals surface area contributed by atoms with Crippen molar-refractivity contribution in [3.63, 3.8) is 0 Å². The van der Waals surface area contributed by atoms with E-state index in [9.17, 15) is 8.78 Å². The highest BCUT2D eigenvalue weighted by Gasteiger charge is 2.18. The van der Waals surface area contributed by atoms with E-state index in [1.165, 1.54) is 6.07 Å². The lowest BCUT2D eigenvalue weighted by Gasteiger charge is -2.00. The van der Waals surface area contributed by atoms with Gasteiger partial charge in [-0.3, -0.25) is 0 Å². The van der Waals surface area contributed by atoms with Crippen molar-refractivity contribution in [3.05, 3.63) is 35.4 Å². The van der Waals surface area contributed by atoms with E-state index in [2.05, 4.69) is 5.16 Å². The lowest BCUT2D eigenvalue weighted by molar-refractivity contribution is 0.131. The van der Waals surface area contributed by atoms with Gasteiger partial charge >= 0.3 is 0 Å². The Morgan fingerprint density at radius 1 is 1.33 bits per heavy atom. The van der Waals surface area contributed by atoms with E-state index in [0.717, 1.165) is 25.0 Å². The molecule has 2 rings (SSSR count). The van der Waals surface area contributed by atoms with Crippen LogP contribution in [0.25, 0.3) is 0 Å². The normalized spacial score (nSPS) is 15.9. The predicted molar refractivity (Wildman–Crippen MR) is 52.4 cm³/mol. The summed E-state index contributed by atoms with van der Waals surface area (Å²) in [6, 6.07) is 3.67. The molecule has 0 aliphatic heterocycles. The van der Waals surface area contributed by atoms with E-state index in [1.807, 2.05) is 0 Å². The van der Waals surface area contributed by atoms with Crippen molar-refractivity contribution in [2.24, 2.45) is 11.1 Å². The lowest BCUT2D eigenvalue weighted by atomic mass is 10.2. The molecule has 0 atom stereocenters. The van der Waals surface area contributed by atoms with Gasteiger partial charge < -0.3 is 4.84 Å². The molecule has 80 valence electrons. The van der Waals surface area contributed by atoms with E-state index in [1.54, 1.807) is 6.21 Å². The molecule has 0 amide bonds. The molecule has 1 aromatic rings. The standard InChI is InChI=1S/C11H11F2NO/c12-10-4-3-9(5-11(10)13)7-15-14-6-8-1-2-8/h3-6,8H,1-2,7H2. The van der Waals surface area contributed by atoms with Gasteiger partial charge in [0.05, 0.1) is 0 Å². The van der Waals surface area contributed by atoms with E-state index < -0.39 is 11.6 Å². The fourth-order valence-corrected chi connectivity index (χ4v) is 1.12. The number of hydrogen-bond donors (Lipinski definition) is 0. The van der Waals surface area contributed by atoms with Crippen molar-refractivity contribution >= 4 is 6.21 Å². The highest BCUT2D eigenvalue weighted by atomic mass is 19.2. The summed E-state index contributed by atoms with van der Waals surface area (Å²) in [5.41, 5.74) is 0.571. The maximum Gasteiger partial charge on any atom is 0.159 e. The van der Waals surface area contributed by atoms with Crippen LogP contribution < -0.4 is 0 Å². The van der Waals surface area contributed by atoms with Crippen molar-refractivity contribution in [3.8, 4) is 0 Å². The maximum absolute atomic E-state index is 12.8. The maximum atomic E-state index is 12.8. The number of nitrogens with zero attached hydrogens (tertiary/aromatic N) is 1. The van der Waals surface area contributed by atoms with Gasteiger partial charge in [0.1, 0.15) is 6.61 Å². The first-order valence-electron chi connectivity index (χ1n) is 4.85. The van der Waals surface area contributed by atoms with E-state index in [-0.39, 0.29) is 6.61 Å². The van der Waals surface area contributed by atoms with Crippen LogP contribution in [-0.2, 0) is 11.4 Å². The van der Waals surface area contributed by atoms with Gasteiger partial charge in [-0.25, -0.2) is 8.78 Å². The van der Waals surface area contributed by atoms with Crippen LogP contribution in [0.15, 0.2) is 23.4 Å². The van der Waals surface area contributed by atoms with Crippen molar-refractivity contribution in [2.45, 2.75) is 19.4 Å². The molecule has 0 heterocycles. The third-order valence-electron chi connectivity index (χ3n) is 2.18. The van der Waals surface area contributed by atoms with Crippen LogP contribution in [-0.4, -0.2) is 6.21 Å². The van der Waals surface area contributed by atoms with Gasteiger partial charge in [0.15, 0.2) is 11.6 Å². The zero-order chi connectivity index (χ0) is 10.7. The molecule has 1 aliphatic carbocycles. The molecule has 0 radical (unpaired) electrons. The molecule has 4 heteroatoms. The largest absolute Gasteiger partial charge is 0.391 e. The molecular formula is C11H11F2NO. The average Bonchev–Trinajstić information content (AvgIpc) is 3.02. The second kappa shape index (κ2) is 4.38. The van der Waals surface area contributed by atoms with Gasteiger partial charge in [0, 0.05) is 6.21 Å². The smallest absolute Gasteiger partial charge is 0.159 e. The van der Waals surface area contributed by atoms with Crippen molar-refractivity contribution in [1.29, 1.82) is 0 Å². The number of halogens is 2. The fourth-order valence-electron chi connectivity index (χ4n) is 1.12. The summed E-state index contributed by atoms with van der Waals surface area (Å²) in [5.74, 6) is -1.16. The molecule has 2 nitrogen and oxygen atoms in total. The number of hydrogen-bond acceptors (Lipinski definition) is 2. The zero-order valence-corrected chi connectivity index (χ0v) is 8.12. The zero-order valence-electron chi connectivity index (χ0n) is 8.12. The van der Waals surface area contributed by atoms with Gasteiger partial charge in [0.2, 0.25) is 0 Å². The minimum absolute atomic E-state index is 0.167. The Kier molecular flexibility index (Phi) is 2.94. The quantitative estimate of drug-likeness (QED) is 0.554. The summed E-state index contributed by atoms with van der Waals surface area (Å²) in [6.45, 7) is 0.167. The summed E-state index contributed by atoms with van der Waals surface area (Å²) >= 11 is 0. The molecule has 1 aromatic carbocycles. The molecule has 0 saturated heterocycles. The Balaban J connectivity index is 1.84. The minimum atomic E-state index is -0.859. The molecule has 15 heavy (non-hydrogen) atoms. The Morgan fingerprint density at radius 3 is 2.80 bits per heavy atom. The Hall–Kier alpha value is -1.45. The Bertz CT molecular complexity index is 375. The molecular weight excluding hydrogens is 200 g/mol. The van der Waals surface area contributed by atoms with Gasteiger partial charge in [-0.05, 0) is 36.5 Å². The van der Waals surface area contributed by atoms with Crippen molar-refractivity contribution in [1.82, 2.24) is 0 Å². The first-order valence-corrected chi connectivity index (χ1v) is 4.85. The van der Waals surface area contributed by atoms with Crippen LogP contribution in [0.5, 0.6) is 0 Å². The van der Waals surface area contributed by atoms with Crippen LogP contribution >= 0.6 is 0 Å². The molecule has 0 N–H and O–H groups in total. The van der Waals surface area contributed by atoms with Gasteiger partial charge in [-0.15, -0.1) is 0 Å². The fraction of sp³-hybridized carbons (Fsp3) is 0.364. The third-order valence-corrected chi connectivity index (χ3v) is 2.18. The van der Waals surface area contributed by atoms with Crippen LogP contribution in [0.1, 0.15) is 18.4 Å². The Morgan fingerprint density at radius 2 is 2.13 bits per heavy atom. The van der Waals surface area contributed by atoms with Crippen LogP contribution in [0.3, 0.4) is 0 Å². The Labute approximate surface area is 86.5 Å². The second-order valence-corrected chi connectivity index (χ2v) is 3.61. The number of benzene rings is 1. The third kappa shape index (κ3) is 3.01. The van der Waals surface area contributed by atoms with E-state index >= 15 is 0 Å². The van der Waals surface area contributed by atoms with Gasteiger partial charge in [0.25, 0.3) is 0 Å². The van der Waals surface area contributed by atoms with Crippen LogP contribution in [0.2, 0.25) is 0 Å². The molecule has 0 bridgehead atoms. The second-order valence-electron chi connectivity index (χ2n) is 3.61. The minimum Gasteiger partial charge on any atom is -0.391 e. The topological polar surface area (TPSA) is 21.6 Å². The summed E-state index contributed by atoms with van der Waals surface area (Å²) in [4.78, 5) is 4.95. The molecule has 1 saturated carbocycles. The predicted octanol–water partition coefficient (Wildman–Crippen LogP) is 2.88.